The molecule has 1 aromatic heterocycles. The number of hydrogen-bond acceptors (Lipinski definition) is 7. The van der Waals surface area contributed by atoms with Crippen molar-refractivity contribution in [3.05, 3.63) is 93.2 Å². The number of hydrogen-bond donors (Lipinski definition) is 4. The molecule has 0 saturated carbocycles. The van der Waals surface area contributed by atoms with Crippen molar-refractivity contribution in [2.45, 2.75) is 44.3 Å². The van der Waals surface area contributed by atoms with Gasteiger partial charge in [-0.25, -0.2) is 17.8 Å². The molecule has 0 aliphatic carbocycles. The van der Waals surface area contributed by atoms with Crippen LogP contribution in [0.3, 0.4) is 0 Å². The molecule has 1 aliphatic heterocycles. The van der Waals surface area contributed by atoms with Crippen LogP contribution in [0.1, 0.15) is 47.2 Å². The van der Waals surface area contributed by atoms with E-state index in [1.54, 1.807) is 6.92 Å². The normalized spacial score (nSPS) is 17.7. The summed E-state index contributed by atoms with van der Waals surface area (Å²) in [6.45, 7) is 2.31. The van der Waals surface area contributed by atoms with E-state index < -0.39 is 27.8 Å². The minimum atomic E-state index is -2.90. The van der Waals surface area contributed by atoms with Crippen LogP contribution in [0.25, 0.3) is 0 Å². The number of alkyl halides is 1. The van der Waals surface area contributed by atoms with Gasteiger partial charge in [0.25, 0.3) is 5.56 Å². The van der Waals surface area contributed by atoms with Gasteiger partial charge in [0.15, 0.2) is 9.84 Å². The third-order valence-corrected chi connectivity index (χ3v) is 8.57. The summed E-state index contributed by atoms with van der Waals surface area (Å²) in [5.41, 5.74) is 3.40. The molecule has 4 rings (SSSR count). The highest BCUT2D eigenvalue weighted by Gasteiger charge is 2.27. The van der Waals surface area contributed by atoms with E-state index in [1.807, 2.05) is 48.5 Å². The van der Waals surface area contributed by atoms with Gasteiger partial charge in [0.05, 0.1) is 23.5 Å². The van der Waals surface area contributed by atoms with Gasteiger partial charge < -0.3 is 20.7 Å². The number of rotatable bonds is 10. The number of H-pyrrole nitrogens is 1. The first-order valence-electron chi connectivity index (χ1n) is 12.9. The third kappa shape index (κ3) is 8.23. The Labute approximate surface area is 228 Å². The summed E-state index contributed by atoms with van der Waals surface area (Å²) in [6.07, 6.45) is 2.23. The van der Waals surface area contributed by atoms with Gasteiger partial charge in [-0.2, -0.15) is 0 Å². The largest absolute Gasteiger partial charge is 0.502 e. The maximum absolute atomic E-state index is 13.0. The van der Waals surface area contributed by atoms with Gasteiger partial charge in [-0.15, -0.1) is 0 Å². The number of sulfone groups is 1. The van der Waals surface area contributed by atoms with Crippen molar-refractivity contribution in [2.75, 3.05) is 24.7 Å². The van der Waals surface area contributed by atoms with Crippen LogP contribution in [0.5, 0.6) is 5.75 Å². The van der Waals surface area contributed by atoms with Gasteiger partial charge in [0.2, 0.25) is 5.75 Å². The van der Waals surface area contributed by atoms with E-state index in [0.29, 0.717) is 25.9 Å². The summed E-state index contributed by atoms with van der Waals surface area (Å²) in [6, 6.07) is 15.3. The second-order valence-electron chi connectivity index (χ2n) is 9.94. The number of benzene rings is 2. The second-order valence-corrected chi connectivity index (χ2v) is 12.2. The molecule has 39 heavy (non-hydrogen) atoms. The van der Waals surface area contributed by atoms with Crippen LogP contribution in [-0.4, -0.2) is 60.3 Å². The Balaban J connectivity index is 1.40. The summed E-state index contributed by atoms with van der Waals surface area (Å²) >= 11 is 0. The average Bonchev–Trinajstić information content (AvgIpc) is 3.30. The SMILES string of the molecule is C[C@@H](CF)NC[C@@H](Cc1nc[nH]c(=O)c1O)c1ccc(C#Cc2ccc(CNC3CCS(=O)(=O)C3)cc2)cc1. The smallest absolute Gasteiger partial charge is 0.293 e. The van der Waals surface area contributed by atoms with Gasteiger partial charge in [0, 0.05) is 48.6 Å². The molecule has 0 radical (unpaired) electrons. The minimum absolute atomic E-state index is 0.0113. The number of aromatic nitrogens is 2. The van der Waals surface area contributed by atoms with Crippen LogP contribution >= 0.6 is 0 Å². The Hall–Kier alpha value is -3.52. The van der Waals surface area contributed by atoms with Gasteiger partial charge >= 0.3 is 0 Å². The highest BCUT2D eigenvalue weighted by atomic mass is 32.2. The van der Waals surface area contributed by atoms with Crippen molar-refractivity contribution in [3.8, 4) is 17.6 Å². The summed E-state index contributed by atoms with van der Waals surface area (Å²) in [5.74, 6) is 6.23. The van der Waals surface area contributed by atoms with Gasteiger partial charge in [-0.05, 0) is 48.7 Å². The Morgan fingerprint density at radius 3 is 2.41 bits per heavy atom. The second kappa shape index (κ2) is 13.0. The lowest BCUT2D eigenvalue weighted by atomic mass is 9.92. The Morgan fingerprint density at radius 2 is 1.79 bits per heavy atom. The molecule has 4 N–H and O–H groups in total. The lowest BCUT2D eigenvalue weighted by Gasteiger charge is -2.20. The number of aromatic hydroxyl groups is 1. The van der Waals surface area contributed by atoms with E-state index in [4.69, 9.17) is 0 Å². The van der Waals surface area contributed by atoms with Gasteiger partial charge in [-0.3, -0.25) is 4.79 Å². The fraction of sp³-hybridized carbons (Fsp3) is 0.379. The summed E-state index contributed by atoms with van der Waals surface area (Å²) in [7, 11) is -2.90. The molecule has 2 aromatic carbocycles. The Bertz CT molecular complexity index is 1480. The van der Waals surface area contributed by atoms with Crippen molar-refractivity contribution in [2.24, 2.45) is 0 Å². The maximum Gasteiger partial charge on any atom is 0.293 e. The highest BCUT2D eigenvalue weighted by molar-refractivity contribution is 7.91. The number of halogens is 1. The molecule has 1 saturated heterocycles. The van der Waals surface area contributed by atoms with Crippen LogP contribution in [-0.2, 0) is 22.8 Å². The molecule has 1 aliphatic rings. The van der Waals surface area contributed by atoms with Crippen LogP contribution in [0.4, 0.5) is 4.39 Å². The predicted molar refractivity (Wildman–Crippen MR) is 149 cm³/mol. The zero-order chi connectivity index (χ0) is 27.8. The van der Waals surface area contributed by atoms with Crippen LogP contribution < -0.4 is 16.2 Å². The van der Waals surface area contributed by atoms with E-state index in [-0.39, 0.29) is 35.2 Å². The highest BCUT2D eigenvalue weighted by Crippen LogP contribution is 2.23. The van der Waals surface area contributed by atoms with Crippen molar-refractivity contribution in [3.63, 3.8) is 0 Å². The molecular weight excluding hydrogens is 519 g/mol. The molecule has 1 unspecified atom stereocenters. The van der Waals surface area contributed by atoms with E-state index in [0.717, 1.165) is 22.3 Å². The van der Waals surface area contributed by atoms with Crippen LogP contribution in [0, 0.1) is 11.8 Å². The first-order chi connectivity index (χ1) is 18.7. The predicted octanol–water partition coefficient (Wildman–Crippen LogP) is 2.43. The van der Waals surface area contributed by atoms with E-state index in [1.165, 1.54) is 6.33 Å². The Morgan fingerprint density at radius 1 is 1.13 bits per heavy atom. The standard InChI is InChI=1S/C29H33FN4O4S/c1-20(15-30)31-17-25(14-27-28(35)29(36)34-19-33-27)24-10-8-22(9-11-24)3-2-21-4-6-23(7-5-21)16-32-26-12-13-39(37,38)18-26/h4-11,19-20,25-26,31-32,35H,12-18H2,1H3,(H,33,34,36)/t20-,25+,26?/m0/s1. The monoisotopic (exact) mass is 552 g/mol. The van der Waals surface area contributed by atoms with Gasteiger partial charge in [0.1, 0.15) is 6.67 Å². The molecule has 0 bridgehead atoms. The minimum Gasteiger partial charge on any atom is -0.502 e. The van der Waals surface area contributed by atoms with Crippen molar-refractivity contribution in [1.29, 1.82) is 0 Å². The molecule has 3 atom stereocenters. The molecule has 0 spiro atoms. The molecular formula is C29H33FN4O4S. The molecule has 10 heteroatoms. The lowest BCUT2D eigenvalue weighted by Crippen LogP contribution is -2.32. The zero-order valence-electron chi connectivity index (χ0n) is 21.8. The van der Waals surface area contributed by atoms with E-state index >= 15 is 0 Å². The molecule has 0 amide bonds. The van der Waals surface area contributed by atoms with Crippen LogP contribution in [0.15, 0.2) is 59.7 Å². The molecule has 8 nitrogen and oxygen atoms in total. The number of aromatic amines is 1. The Kier molecular flexibility index (Phi) is 9.51. The van der Waals surface area contributed by atoms with Crippen molar-refractivity contribution >= 4 is 9.84 Å². The van der Waals surface area contributed by atoms with E-state index in [9.17, 15) is 22.7 Å². The van der Waals surface area contributed by atoms with Crippen LogP contribution in [0.2, 0.25) is 0 Å². The summed E-state index contributed by atoms with van der Waals surface area (Å²) in [5, 5.41) is 16.6. The average molecular weight is 553 g/mol. The first-order valence-corrected chi connectivity index (χ1v) is 14.7. The van der Waals surface area contributed by atoms with Crippen molar-refractivity contribution < 1.29 is 17.9 Å². The van der Waals surface area contributed by atoms with E-state index in [2.05, 4.69) is 32.4 Å². The lowest BCUT2D eigenvalue weighted by molar-refractivity contribution is 0.381. The topological polar surface area (TPSA) is 124 Å². The third-order valence-electron chi connectivity index (χ3n) is 6.80. The summed E-state index contributed by atoms with van der Waals surface area (Å²) < 4.78 is 36.2. The first kappa shape index (κ1) is 28.5. The number of nitrogens with zero attached hydrogens (tertiary/aromatic N) is 1. The fourth-order valence-corrected chi connectivity index (χ4v) is 6.13. The molecule has 1 fully saturated rings. The molecule has 3 aromatic rings. The quantitative estimate of drug-likeness (QED) is 0.285. The van der Waals surface area contributed by atoms with Gasteiger partial charge in [-0.1, -0.05) is 36.1 Å². The maximum atomic E-state index is 13.0. The fourth-order valence-electron chi connectivity index (χ4n) is 4.43. The zero-order valence-corrected chi connectivity index (χ0v) is 22.6. The molecule has 2 heterocycles. The molecule has 206 valence electrons. The number of nitrogens with one attached hydrogen (secondary N) is 3. The summed E-state index contributed by atoms with van der Waals surface area (Å²) in [4.78, 5) is 18.2. The van der Waals surface area contributed by atoms with Crippen molar-refractivity contribution in [1.82, 2.24) is 20.6 Å².